The van der Waals surface area contributed by atoms with Crippen LogP contribution in [0.1, 0.15) is 130 Å². The van der Waals surface area contributed by atoms with Gasteiger partial charge in [0.15, 0.2) is 8.32 Å². The Labute approximate surface area is 197 Å². The fourth-order valence-corrected chi connectivity index (χ4v) is 4.58. The van der Waals surface area contributed by atoms with E-state index < -0.39 is 14.4 Å². The second-order valence-electron chi connectivity index (χ2n) is 11.1. The Kier molecular flexibility index (Phi) is 19.6. The number of aliphatic hydroxyl groups is 1. The van der Waals surface area contributed by atoms with Crippen molar-refractivity contribution in [2.24, 2.45) is 0 Å². The molecule has 0 radical (unpaired) electrons. The SMILES string of the molecule is CCCCCCCCCCCCCCCCCCOC[C@H](O)CO[Si](C)(C)C(C)(C)C. The molecule has 0 aromatic carbocycles. The molecule has 0 bridgehead atoms. The van der Waals surface area contributed by atoms with Crippen molar-refractivity contribution in [1.29, 1.82) is 0 Å². The fourth-order valence-electron chi connectivity index (χ4n) is 3.54. The highest BCUT2D eigenvalue weighted by Gasteiger charge is 2.37. The fraction of sp³-hybridized carbons (Fsp3) is 1.00. The zero-order valence-corrected chi connectivity index (χ0v) is 23.3. The minimum atomic E-state index is -1.78. The Balaban J connectivity index is 3.30. The molecule has 0 spiro atoms. The summed E-state index contributed by atoms with van der Waals surface area (Å²) in [5.41, 5.74) is 0. The molecule has 31 heavy (non-hydrogen) atoms. The van der Waals surface area contributed by atoms with Crippen LogP contribution in [0.2, 0.25) is 18.1 Å². The summed E-state index contributed by atoms with van der Waals surface area (Å²) < 4.78 is 11.7. The van der Waals surface area contributed by atoms with E-state index in [9.17, 15) is 5.11 Å². The van der Waals surface area contributed by atoms with Crippen molar-refractivity contribution in [1.82, 2.24) is 0 Å². The van der Waals surface area contributed by atoms with E-state index in [0.29, 0.717) is 13.2 Å². The molecule has 3 nitrogen and oxygen atoms in total. The van der Waals surface area contributed by atoms with Gasteiger partial charge < -0.3 is 14.3 Å². The number of hydrogen-bond donors (Lipinski definition) is 1. The molecule has 0 fully saturated rings. The molecule has 0 saturated heterocycles. The lowest BCUT2D eigenvalue weighted by Crippen LogP contribution is -2.43. The number of ether oxygens (including phenoxy) is 1. The van der Waals surface area contributed by atoms with Crippen LogP contribution in [0.5, 0.6) is 0 Å². The van der Waals surface area contributed by atoms with Crippen molar-refractivity contribution in [2.45, 2.75) is 155 Å². The molecule has 0 saturated carbocycles. The first-order chi connectivity index (χ1) is 14.7. The average molecular weight is 459 g/mol. The lowest BCUT2D eigenvalue weighted by molar-refractivity contribution is 0.00808. The van der Waals surface area contributed by atoms with Crippen molar-refractivity contribution >= 4 is 8.32 Å². The molecular weight excluding hydrogens is 400 g/mol. The zero-order valence-electron chi connectivity index (χ0n) is 22.3. The summed E-state index contributed by atoms with van der Waals surface area (Å²) in [6.45, 7) is 14.9. The first kappa shape index (κ1) is 31.1. The van der Waals surface area contributed by atoms with Gasteiger partial charge in [0, 0.05) is 6.61 Å². The van der Waals surface area contributed by atoms with E-state index in [2.05, 4.69) is 40.8 Å². The second-order valence-corrected chi connectivity index (χ2v) is 15.9. The van der Waals surface area contributed by atoms with Gasteiger partial charge in [-0.15, -0.1) is 0 Å². The molecule has 0 aromatic rings. The normalized spacial score (nSPS) is 13.6. The van der Waals surface area contributed by atoms with E-state index in [1.54, 1.807) is 0 Å². The number of rotatable bonds is 22. The standard InChI is InChI=1S/C27H58O3Si/c1-7-8-9-10-11-12-13-14-15-16-17-18-19-20-21-22-23-29-24-26(28)25-30-31(5,6)27(2,3)4/h26,28H,7-25H2,1-6H3/t26-/m0/s1. The zero-order chi connectivity index (χ0) is 23.4. The monoisotopic (exact) mass is 458 g/mol. The van der Waals surface area contributed by atoms with Crippen LogP contribution in [-0.2, 0) is 9.16 Å². The highest BCUT2D eigenvalue weighted by Crippen LogP contribution is 2.36. The molecule has 1 N–H and O–H groups in total. The summed E-state index contributed by atoms with van der Waals surface area (Å²) in [7, 11) is -1.78. The van der Waals surface area contributed by atoms with Gasteiger partial charge in [-0.05, 0) is 24.6 Å². The Hall–Kier alpha value is 0.0969. The molecule has 0 heterocycles. The van der Waals surface area contributed by atoms with Crippen LogP contribution in [0.15, 0.2) is 0 Å². The second kappa shape index (κ2) is 19.6. The van der Waals surface area contributed by atoms with Gasteiger partial charge >= 0.3 is 0 Å². The summed E-state index contributed by atoms with van der Waals surface area (Å²) in [4.78, 5) is 0. The van der Waals surface area contributed by atoms with Gasteiger partial charge in [0.25, 0.3) is 0 Å². The first-order valence-corrected chi connectivity index (χ1v) is 16.5. The lowest BCUT2D eigenvalue weighted by Gasteiger charge is -2.36. The smallest absolute Gasteiger partial charge is 0.192 e. The largest absolute Gasteiger partial charge is 0.414 e. The quantitative estimate of drug-likeness (QED) is 0.130. The predicted molar refractivity (Wildman–Crippen MR) is 140 cm³/mol. The van der Waals surface area contributed by atoms with E-state index in [0.717, 1.165) is 13.0 Å². The third-order valence-electron chi connectivity index (χ3n) is 6.90. The van der Waals surface area contributed by atoms with Gasteiger partial charge in [-0.3, -0.25) is 0 Å². The van der Waals surface area contributed by atoms with Crippen molar-refractivity contribution in [2.75, 3.05) is 19.8 Å². The summed E-state index contributed by atoms with van der Waals surface area (Å²) in [6, 6.07) is 0. The van der Waals surface area contributed by atoms with Crippen LogP contribution in [0, 0.1) is 0 Å². The summed E-state index contributed by atoms with van der Waals surface area (Å²) in [5, 5.41) is 10.3. The molecule has 0 rings (SSSR count). The van der Waals surface area contributed by atoms with Gasteiger partial charge in [-0.1, -0.05) is 124 Å². The summed E-state index contributed by atoms with van der Waals surface area (Å²) >= 11 is 0. The van der Waals surface area contributed by atoms with Crippen molar-refractivity contribution in [3.05, 3.63) is 0 Å². The summed E-state index contributed by atoms with van der Waals surface area (Å²) in [5.74, 6) is 0. The molecule has 0 aromatic heterocycles. The molecule has 0 aliphatic heterocycles. The van der Waals surface area contributed by atoms with Crippen molar-refractivity contribution in [3.63, 3.8) is 0 Å². The van der Waals surface area contributed by atoms with E-state index in [-0.39, 0.29) is 5.04 Å². The van der Waals surface area contributed by atoms with Crippen LogP contribution in [0.25, 0.3) is 0 Å². The maximum absolute atomic E-state index is 10.1. The topological polar surface area (TPSA) is 38.7 Å². The third kappa shape index (κ3) is 19.3. The number of unbranched alkanes of at least 4 members (excludes halogenated alkanes) is 15. The van der Waals surface area contributed by atoms with Gasteiger partial charge in [0.1, 0.15) is 0 Å². The van der Waals surface area contributed by atoms with Crippen LogP contribution in [0.4, 0.5) is 0 Å². The van der Waals surface area contributed by atoms with Gasteiger partial charge in [-0.25, -0.2) is 0 Å². The summed E-state index contributed by atoms with van der Waals surface area (Å²) in [6.07, 6.45) is 21.6. The minimum absolute atomic E-state index is 0.182. The van der Waals surface area contributed by atoms with Gasteiger partial charge in [-0.2, -0.15) is 0 Å². The molecule has 4 heteroatoms. The Morgan fingerprint density at radius 1 is 0.645 bits per heavy atom. The van der Waals surface area contributed by atoms with Crippen LogP contribution in [0.3, 0.4) is 0 Å². The van der Waals surface area contributed by atoms with Gasteiger partial charge in [0.05, 0.1) is 19.3 Å². The third-order valence-corrected chi connectivity index (χ3v) is 11.4. The molecule has 0 amide bonds. The van der Waals surface area contributed by atoms with Crippen LogP contribution in [-0.4, -0.2) is 39.3 Å². The molecule has 0 aliphatic rings. The Bertz CT molecular complexity index is 379. The molecule has 0 aliphatic carbocycles. The molecule has 188 valence electrons. The maximum atomic E-state index is 10.1. The number of hydrogen-bond acceptors (Lipinski definition) is 3. The average Bonchev–Trinajstić information content (AvgIpc) is 2.70. The van der Waals surface area contributed by atoms with Crippen LogP contribution < -0.4 is 0 Å². The maximum Gasteiger partial charge on any atom is 0.192 e. The van der Waals surface area contributed by atoms with E-state index >= 15 is 0 Å². The Morgan fingerprint density at radius 3 is 1.42 bits per heavy atom. The van der Waals surface area contributed by atoms with Gasteiger partial charge in [0.2, 0.25) is 0 Å². The Morgan fingerprint density at radius 2 is 1.03 bits per heavy atom. The minimum Gasteiger partial charge on any atom is -0.414 e. The van der Waals surface area contributed by atoms with E-state index in [1.807, 2.05) is 0 Å². The number of aliphatic hydroxyl groups excluding tert-OH is 1. The predicted octanol–water partition coefficient (Wildman–Crippen LogP) is 8.65. The van der Waals surface area contributed by atoms with E-state index in [1.165, 1.54) is 96.3 Å². The first-order valence-electron chi connectivity index (χ1n) is 13.6. The van der Waals surface area contributed by atoms with Crippen molar-refractivity contribution < 1.29 is 14.3 Å². The highest BCUT2D eigenvalue weighted by molar-refractivity contribution is 6.74. The highest BCUT2D eigenvalue weighted by atomic mass is 28.4. The van der Waals surface area contributed by atoms with Crippen molar-refractivity contribution in [3.8, 4) is 0 Å². The molecule has 0 unspecified atom stereocenters. The lowest BCUT2D eigenvalue weighted by atomic mass is 10.0. The molecular formula is C27H58O3Si. The molecule has 1 atom stereocenters. The van der Waals surface area contributed by atoms with Crippen LogP contribution >= 0.6 is 0 Å². The van der Waals surface area contributed by atoms with E-state index in [4.69, 9.17) is 9.16 Å².